The Morgan fingerprint density at radius 3 is 2.24 bits per heavy atom. The maximum Gasteiger partial charge on any atom is 0.293 e. The number of benzene rings is 2. The summed E-state index contributed by atoms with van der Waals surface area (Å²) in [5.41, 5.74) is 0.951. The van der Waals surface area contributed by atoms with Gasteiger partial charge in [-0.05, 0) is 25.0 Å². The van der Waals surface area contributed by atoms with E-state index in [2.05, 4.69) is 0 Å². The SMILES string of the molecule is CN(C1CCCCC1)S(=O)(=O)N1CCN(c2ccc(C(=O)c3ccccc3)cc2[N+](=O)[O-])CC1. The van der Waals surface area contributed by atoms with Crippen molar-refractivity contribution in [2.75, 3.05) is 38.1 Å². The van der Waals surface area contributed by atoms with Gasteiger partial charge in [-0.2, -0.15) is 17.0 Å². The van der Waals surface area contributed by atoms with Crippen molar-refractivity contribution in [3.63, 3.8) is 0 Å². The molecule has 1 heterocycles. The molecule has 0 radical (unpaired) electrons. The molecule has 0 spiro atoms. The van der Waals surface area contributed by atoms with E-state index in [1.165, 1.54) is 14.7 Å². The van der Waals surface area contributed by atoms with E-state index in [0.717, 1.165) is 32.1 Å². The van der Waals surface area contributed by atoms with Crippen LogP contribution in [0.5, 0.6) is 0 Å². The van der Waals surface area contributed by atoms with Crippen LogP contribution in [0.15, 0.2) is 48.5 Å². The van der Waals surface area contributed by atoms with Crippen molar-refractivity contribution in [2.45, 2.75) is 38.1 Å². The Balaban J connectivity index is 1.48. The fraction of sp³-hybridized carbons (Fsp3) is 0.458. The minimum Gasteiger partial charge on any atom is -0.363 e. The fourth-order valence-electron chi connectivity index (χ4n) is 4.81. The summed E-state index contributed by atoms with van der Waals surface area (Å²) in [4.78, 5) is 25.9. The zero-order valence-corrected chi connectivity index (χ0v) is 20.1. The summed E-state index contributed by atoms with van der Waals surface area (Å²) in [6, 6.07) is 13.2. The van der Waals surface area contributed by atoms with Gasteiger partial charge >= 0.3 is 0 Å². The molecule has 0 N–H and O–H groups in total. The average molecular weight is 487 g/mol. The fourth-order valence-corrected chi connectivity index (χ4v) is 6.39. The maximum absolute atomic E-state index is 13.1. The van der Waals surface area contributed by atoms with Crippen LogP contribution in [0, 0.1) is 10.1 Å². The predicted molar refractivity (Wildman–Crippen MR) is 130 cm³/mol. The first kappa shape index (κ1) is 24.3. The third kappa shape index (κ3) is 4.98. The third-order valence-corrected chi connectivity index (χ3v) is 8.87. The summed E-state index contributed by atoms with van der Waals surface area (Å²) in [6.07, 6.45) is 5.01. The van der Waals surface area contributed by atoms with Gasteiger partial charge in [0.1, 0.15) is 5.69 Å². The van der Waals surface area contributed by atoms with Crippen molar-refractivity contribution in [1.29, 1.82) is 0 Å². The van der Waals surface area contributed by atoms with E-state index in [1.807, 2.05) is 4.90 Å². The van der Waals surface area contributed by atoms with Crippen LogP contribution in [-0.2, 0) is 10.2 Å². The van der Waals surface area contributed by atoms with Crippen molar-refractivity contribution < 1.29 is 18.1 Å². The molecule has 0 bridgehead atoms. The van der Waals surface area contributed by atoms with E-state index in [9.17, 15) is 23.3 Å². The van der Waals surface area contributed by atoms with E-state index >= 15 is 0 Å². The second kappa shape index (κ2) is 10.2. The number of nitro groups is 1. The van der Waals surface area contributed by atoms with Gasteiger partial charge in [-0.1, -0.05) is 49.6 Å². The number of piperazine rings is 1. The summed E-state index contributed by atoms with van der Waals surface area (Å²) in [6.45, 7) is 1.18. The minimum atomic E-state index is -3.58. The molecule has 1 aliphatic heterocycles. The highest BCUT2D eigenvalue weighted by molar-refractivity contribution is 7.86. The Bertz CT molecular complexity index is 1140. The van der Waals surface area contributed by atoms with Crippen molar-refractivity contribution in [1.82, 2.24) is 8.61 Å². The molecule has 2 fully saturated rings. The molecular weight excluding hydrogens is 456 g/mol. The summed E-state index contributed by atoms with van der Waals surface area (Å²) in [5.74, 6) is -0.281. The number of anilines is 1. The standard InChI is InChI=1S/C24H30N4O5S/c1-25(21-10-6-3-7-11-21)34(32,33)27-16-14-26(15-17-27)22-13-12-20(18-23(22)28(30)31)24(29)19-8-4-2-5-9-19/h2,4-5,8-9,12-13,18,21H,3,6-7,10-11,14-17H2,1H3. The highest BCUT2D eigenvalue weighted by Crippen LogP contribution is 2.32. The molecule has 2 aliphatic rings. The molecule has 0 atom stereocenters. The molecule has 2 aromatic rings. The van der Waals surface area contributed by atoms with E-state index < -0.39 is 15.1 Å². The van der Waals surface area contributed by atoms with Crippen LogP contribution in [0.2, 0.25) is 0 Å². The molecule has 1 saturated carbocycles. The van der Waals surface area contributed by atoms with Gasteiger partial charge in [0, 0.05) is 56.5 Å². The van der Waals surface area contributed by atoms with Crippen LogP contribution in [0.25, 0.3) is 0 Å². The lowest BCUT2D eigenvalue weighted by Crippen LogP contribution is -2.54. The molecule has 1 saturated heterocycles. The number of nitro benzene ring substituents is 1. The molecule has 1 aliphatic carbocycles. The van der Waals surface area contributed by atoms with Crippen LogP contribution in [0.3, 0.4) is 0 Å². The molecule has 0 amide bonds. The molecule has 34 heavy (non-hydrogen) atoms. The zero-order chi connectivity index (χ0) is 24.3. The highest BCUT2D eigenvalue weighted by Gasteiger charge is 2.35. The second-order valence-electron chi connectivity index (χ2n) is 8.86. The van der Waals surface area contributed by atoms with Crippen molar-refractivity contribution in [2.24, 2.45) is 0 Å². The van der Waals surface area contributed by atoms with Gasteiger partial charge < -0.3 is 4.90 Å². The summed E-state index contributed by atoms with van der Waals surface area (Å²) in [5, 5.41) is 11.8. The largest absolute Gasteiger partial charge is 0.363 e. The Kier molecular flexibility index (Phi) is 7.30. The van der Waals surface area contributed by atoms with Gasteiger partial charge in [-0.3, -0.25) is 14.9 Å². The Labute approximate surface area is 200 Å². The van der Waals surface area contributed by atoms with E-state index in [0.29, 0.717) is 24.3 Å². The van der Waals surface area contributed by atoms with E-state index in [-0.39, 0.29) is 36.2 Å². The van der Waals surface area contributed by atoms with Crippen molar-refractivity contribution >= 4 is 27.4 Å². The molecular formula is C24H30N4O5S. The minimum absolute atomic E-state index is 0.0348. The smallest absolute Gasteiger partial charge is 0.293 e. The molecule has 182 valence electrons. The summed E-state index contributed by atoms with van der Waals surface area (Å²) in [7, 11) is -1.92. The lowest BCUT2D eigenvalue weighted by atomic mass is 9.96. The number of carbonyl (C=O) groups excluding carboxylic acids is 1. The maximum atomic E-state index is 13.1. The number of rotatable bonds is 7. The van der Waals surface area contributed by atoms with Gasteiger partial charge in [-0.15, -0.1) is 0 Å². The monoisotopic (exact) mass is 486 g/mol. The predicted octanol–water partition coefficient (Wildman–Crippen LogP) is 3.46. The quantitative estimate of drug-likeness (QED) is 0.337. The lowest BCUT2D eigenvalue weighted by molar-refractivity contribution is -0.384. The van der Waals surface area contributed by atoms with Crippen molar-refractivity contribution in [3.05, 3.63) is 69.8 Å². The second-order valence-corrected chi connectivity index (χ2v) is 10.8. The summed E-state index contributed by atoms with van der Waals surface area (Å²) >= 11 is 0. The number of ketones is 1. The highest BCUT2D eigenvalue weighted by atomic mass is 32.2. The van der Waals surface area contributed by atoms with E-state index in [1.54, 1.807) is 49.5 Å². The van der Waals surface area contributed by atoms with Gasteiger partial charge in [0.2, 0.25) is 0 Å². The molecule has 4 rings (SSSR count). The van der Waals surface area contributed by atoms with Gasteiger partial charge in [-0.25, -0.2) is 0 Å². The van der Waals surface area contributed by atoms with Crippen LogP contribution < -0.4 is 4.90 Å². The molecule has 2 aromatic carbocycles. The number of hydrogen-bond donors (Lipinski definition) is 0. The normalized spacial score (nSPS) is 18.2. The van der Waals surface area contributed by atoms with Crippen LogP contribution >= 0.6 is 0 Å². The lowest BCUT2D eigenvalue weighted by Gasteiger charge is -2.39. The third-order valence-electron chi connectivity index (χ3n) is 6.83. The van der Waals surface area contributed by atoms with Crippen LogP contribution in [0.4, 0.5) is 11.4 Å². The molecule has 0 unspecified atom stereocenters. The van der Waals surface area contributed by atoms with E-state index in [4.69, 9.17) is 0 Å². The first-order valence-electron chi connectivity index (χ1n) is 11.7. The Morgan fingerprint density at radius 1 is 0.971 bits per heavy atom. The number of nitrogens with zero attached hydrogens (tertiary/aromatic N) is 4. The average Bonchev–Trinajstić information content (AvgIpc) is 2.88. The summed E-state index contributed by atoms with van der Waals surface area (Å²) < 4.78 is 29.3. The zero-order valence-electron chi connectivity index (χ0n) is 19.3. The first-order chi connectivity index (χ1) is 16.3. The molecule has 10 heteroatoms. The molecule has 9 nitrogen and oxygen atoms in total. The van der Waals surface area contributed by atoms with Crippen molar-refractivity contribution in [3.8, 4) is 0 Å². The Morgan fingerprint density at radius 2 is 1.62 bits per heavy atom. The van der Waals surface area contributed by atoms with Gasteiger partial charge in [0.15, 0.2) is 5.78 Å². The Hall–Kier alpha value is -2.82. The topological polar surface area (TPSA) is 104 Å². The van der Waals surface area contributed by atoms with Crippen LogP contribution in [-0.4, -0.2) is 67.0 Å². The molecule has 0 aromatic heterocycles. The van der Waals surface area contributed by atoms with Gasteiger partial charge in [0.05, 0.1) is 4.92 Å². The first-order valence-corrected chi connectivity index (χ1v) is 13.0. The van der Waals surface area contributed by atoms with Crippen LogP contribution in [0.1, 0.15) is 48.0 Å². The van der Waals surface area contributed by atoms with Gasteiger partial charge in [0.25, 0.3) is 15.9 Å². The number of carbonyl (C=O) groups is 1. The number of hydrogen-bond acceptors (Lipinski definition) is 6.